The molecule has 1 unspecified atom stereocenters. The van der Waals surface area contributed by atoms with Crippen LogP contribution in [0.15, 0.2) is 60.7 Å². The molecule has 0 spiro atoms. The predicted molar refractivity (Wildman–Crippen MR) is 120 cm³/mol. The first kappa shape index (κ1) is 19.3. The second kappa shape index (κ2) is 7.11. The zero-order valence-electron chi connectivity index (χ0n) is 17.6. The van der Waals surface area contributed by atoms with Crippen LogP contribution in [-0.2, 0) is 5.41 Å². The first-order chi connectivity index (χ1) is 13.9. The number of carbonyl (C=O) groups is 1. The Morgan fingerprint density at radius 3 is 2.10 bits per heavy atom. The molecule has 1 aliphatic carbocycles. The van der Waals surface area contributed by atoms with Gasteiger partial charge in [0.1, 0.15) is 0 Å². The average Bonchev–Trinajstić information content (AvgIpc) is 2.96. The number of hydrogen-bond donors (Lipinski definition) is 1. The minimum Gasteiger partial charge on any atom is -0.305 e. The maximum Gasteiger partial charge on any atom is 0.193 e. The standard InChI is InChI=1S/C27H27NO/c1-5-14-27(4)24-15-19(18(3)28)10-12-22(24)23-13-11-20(16-25(23)27)26(29)21-9-7-6-8-17(21)2/h6-13,15-16,28H,5,14H2,1-4H3. The second-order valence-electron chi connectivity index (χ2n) is 8.37. The molecule has 0 saturated heterocycles. The van der Waals surface area contributed by atoms with Gasteiger partial charge < -0.3 is 5.41 Å². The monoisotopic (exact) mass is 381 g/mol. The van der Waals surface area contributed by atoms with Crippen LogP contribution in [0.5, 0.6) is 0 Å². The fourth-order valence-corrected chi connectivity index (χ4v) is 4.74. The van der Waals surface area contributed by atoms with E-state index in [0.717, 1.165) is 35.1 Å². The molecule has 0 fully saturated rings. The molecular formula is C27H27NO. The van der Waals surface area contributed by atoms with E-state index in [1.807, 2.05) is 50.2 Å². The summed E-state index contributed by atoms with van der Waals surface area (Å²) in [5.74, 6) is 0.0803. The van der Waals surface area contributed by atoms with E-state index in [1.54, 1.807) is 0 Å². The smallest absolute Gasteiger partial charge is 0.193 e. The Morgan fingerprint density at radius 1 is 0.931 bits per heavy atom. The number of ketones is 1. The van der Waals surface area contributed by atoms with Gasteiger partial charge in [-0.25, -0.2) is 0 Å². The van der Waals surface area contributed by atoms with Crippen molar-refractivity contribution < 1.29 is 4.79 Å². The summed E-state index contributed by atoms with van der Waals surface area (Å²) in [6.07, 6.45) is 2.06. The number of rotatable bonds is 5. The second-order valence-corrected chi connectivity index (χ2v) is 8.37. The van der Waals surface area contributed by atoms with E-state index in [2.05, 4.69) is 38.1 Å². The molecule has 3 aromatic carbocycles. The summed E-state index contributed by atoms with van der Waals surface area (Å²) in [5, 5.41) is 8.05. The van der Waals surface area contributed by atoms with Gasteiger partial charge in [-0.05, 0) is 65.8 Å². The summed E-state index contributed by atoms with van der Waals surface area (Å²) in [6.45, 7) is 8.31. The van der Waals surface area contributed by atoms with E-state index in [9.17, 15) is 4.79 Å². The topological polar surface area (TPSA) is 40.9 Å². The van der Waals surface area contributed by atoms with Crippen LogP contribution >= 0.6 is 0 Å². The normalized spacial score (nSPS) is 17.0. The highest BCUT2D eigenvalue weighted by atomic mass is 16.1. The average molecular weight is 382 g/mol. The highest BCUT2D eigenvalue weighted by Crippen LogP contribution is 2.51. The van der Waals surface area contributed by atoms with Crippen molar-refractivity contribution in [1.82, 2.24) is 0 Å². The summed E-state index contributed by atoms with van der Waals surface area (Å²) < 4.78 is 0. The van der Waals surface area contributed by atoms with Crippen LogP contribution in [0.25, 0.3) is 11.1 Å². The lowest BCUT2D eigenvalue weighted by Crippen LogP contribution is -2.21. The summed E-state index contributed by atoms with van der Waals surface area (Å²) in [7, 11) is 0. The minimum absolute atomic E-state index is 0.0803. The molecule has 0 radical (unpaired) electrons. The first-order valence-corrected chi connectivity index (χ1v) is 10.3. The maximum atomic E-state index is 13.2. The molecule has 2 heteroatoms. The molecule has 1 atom stereocenters. The van der Waals surface area contributed by atoms with E-state index in [0.29, 0.717) is 5.71 Å². The molecule has 3 aromatic rings. The van der Waals surface area contributed by atoms with E-state index in [4.69, 9.17) is 5.41 Å². The SMILES string of the molecule is CCCC1(C)c2cc(C(C)=N)ccc2-c2ccc(C(=O)c3ccccc3C)cc21. The van der Waals surface area contributed by atoms with Gasteiger partial charge in [-0.3, -0.25) is 4.79 Å². The number of hydrogen-bond acceptors (Lipinski definition) is 2. The summed E-state index contributed by atoms with van der Waals surface area (Å²) >= 11 is 0. The number of aryl methyl sites for hydroxylation is 1. The van der Waals surface area contributed by atoms with Crippen LogP contribution in [0.4, 0.5) is 0 Å². The third-order valence-corrected chi connectivity index (χ3v) is 6.35. The molecule has 0 bridgehead atoms. The van der Waals surface area contributed by atoms with Crippen LogP contribution in [0.3, 0.4) is 0 Å². The molecule has 29 heavy (non-hydrogen) atoms. The van der Waals surface area contributed by atoms with Gasteiger partial charge >= 0.3 is 0 Å². The molecule has 0 saturated carbocycles. The highest BCUT2D eigenvalue weighted by Gasteiger charge is 2.39. The van der Waals surface area contributed by atoms with Gasteiger partial charge in [0.25, 0.3) is 0 Å². The fraction of sp³-hybridized carbons (Fsp3) is 0.259. The lowest BCUT2D eigenvalue weighted by atomic mass is 9.75. The van der Waals surface area contributed by atoms with E-state index in [-0.39, 0.29) is 11.2 Å². The van der Waals surface area contributed by atoms with Gasteiger partial charge in [-0.15, -0.1) is 0 Å². The van der Waals surface area contributed by atoms with Gasteiger partial charge in [0.05, 0.1) is 0 Å². The molecular weight excluding hydrogens is 354 g/mol. The van der Waals surface area contributed by atoms with Crippen molar-refractivity contribution in [1.29, 1.82) is 5.41 Å². The number of carbonyl (C=O) groups excluding carboxylic acids is 1. The number of benzene rings is 3. The highest BCUT2D eigenvalue weighted by molar-refractivity contribution is 6.10. The molecule has 0 heterocycles. The molecule has 1 N–H and O–H groups in total. The van der Waals surface area contributed by atoms with Crippen molar-refractivity contribution in [3.63, 3.8) is 0 Å². The van der Waals surface area contributed by atoms with Crippen molar-refractivity contribution >= 4 is 11.5 Å². The van der Waals surface area contributed by atoms with Gasteiger partial charge in [0, 0.05) is 22.3 Å². The molecule has 0 aromatic heterocycles. The Morgan fingerprint density at radius 2 is 1.52 bits per heavy atom. The maximum absolute atomic E-state index is 13.2. The molecule has 4 rings (SSSR count). The summed E-state index contributed by atoms with van der Waals surface area (Å²) in [6, 6.07) is 20.3. The van der Waals surface area contributed by atoms with Crippen molar-refractivity contribution in [2.75, 3.05) is 0 Å². The van der Waals surface area contributed by atoms with Crippen molar-refractivity contribution in [3.05, 3.63) is 94.0 Å². The predicted octanol–water partition coefficient (Wildman–Crippen LogP) is 6.70. The summed E-state index contributed by atoms with van der Waals surface area (Å²) in [5.41, 5.74) is 8.87. The molecule has 2 nitrogen and oxygen atoms in total. The van der Waals surface area contributed by atoms with Crippen molar-refractivity contribution in [2.45, 2.75) is 46.0 Å². The quantitative estimate of drug-likeness (QED) is 0.388. The van der Waals surface area contributed by atoms with Crippen LogP contribution < -0.4 is 0 Å². The lowest BCUT2D eigenvalue weighted by molar-refractivity contribution is 0.103. The van der Waals surface area contributed by atoms with Crippen LogP contribution in [0, 0.1) is 12.3 Å². The minimum atomic E-state index is -0.146. The molecule has 0 amide bonds. The van der Waals surface area contributed by atoms with Crippen molar-refractivity contribution in [2.24, 2.45) is 0 Å². The zero-order chi connectivity index (χ0) is 20.8. The Kier molecular flexibility index (Phi) is 4.74. The third-order valence-electron chi connectivity index (χ3n) is 6.35. The number of fused-ring (bicyclic) bond motifs is 3. The molecule has 1 aliphatic rings. The Bertz CT molecular complexity index is 1140. The lowest BCUT2D eigenvalue weighted by Gasteiger charge is -2.27. The van der Waals surface area contributed by atoms with Gasteiger partial charge in [0.15, 0.2) is 5.78 Å². The van der Waals surface area contributed by atoms with Gasteiger partial charge in [0.2, 0.25) is 0 Å². The summed E-state index contributed by atoms with van der Waals surface area (Å²) in [4.78, 5) is 13.2. The van der Waals surface area contributed by atoms with Crippen LogP contribution in [0.2, 0.25) is 0 Å². The fourth-order valence-electron chi connectivity index (χ4n) is 4.74. The zero-order valence-corrected chi connectivity index (χ0v) is 17.6. The Hall–Kier alpha value is -3.00. The van der Waals surface area contributed by atoms with Gasteiger partial charge in [-0.1, -0.05) is 68.8 Å². The first-order valence-electron chi connectivity index (χ1n) is 10.3. The van der Waals surface area contributed by atoms with E-state index in [1.165, 1.54) is 22.3 Å². The third kappa shape index (κ3) is 3.04. The molecule has 146 valence electrons. The van der Waals surface area contributed by atoms with Crippen LogP contribution in [-0.4, -0.2) is 11.5 Å². The van der Waals surface area contributed by atoms with Crippen LogP contribution in [0.1, 0.15) is 71.8 Å². The molecule has 0 aliphatic heterocycles. The van der Waals surface area contributed by atoms with Crippen molar-refractivity contribution in [3.8, 4) is 11.1 Å². The van der Waals surface area contributed by atoms with Gasteiger partial charge in [-0.2, -0.15) is 0 Å². The Balaban J connectivity index is 1.87. The van der Waals surface area contributed by atoms with E-state index >= 15 is 0 Å². The number of nitrogens with one attached hydrogen (secondary N) is 1. The van der Waals surface area contributed by atoms with E-state index < -0.39 is 0 Å². The largest absolute Gasteiger partial charge is 0.305 e. The Labute approximate surface area is 173 Å².